The Morgan fingerprint density at radius 3 is 2.46 bits per heavy atom. The highest BCUT2D eigenvalue weighted by Gasteiger charge is 2.22. The lowest BCUT2D eigenvalue weighted by Crippen LogP contribution is -2.36. The van der Waals surface area contributed by atoms with Crippen LogP contribution in [0.25, 0.3) is 0 Å². The number of aliphatic hydroxyl groups excluding tert-OH is 1. The Morgan fingerprint density at radius 1 is 1.04 bits per heavy atom. The van der Waals surface area contributed by atoms with Gasteiger partial charge in [-0.2, -0.15) is 0 Å². The van der Waals surface area contributed by atoms with Gasteiger partial charge in [-0.1, -0.05) is 30.3 Å². The number of aliphatic hydroxyl groups is 1. The number of hydrogen-bond acceptors (Lipinski definition) is 5. The number of fused-ring (bicyclic) bond motifs is 1. The lowest BCUT2D eigenvalue weighted by atomic mass is 10.1. The van der Waals surface area contributed by atoms with E-state index in [0.29, 0.717) is 24.7 Å². The molecule has 0 aromatic heterocycles. The Bertz CT molecular complexity index is 744. The third-order valence-electron chi connectivity index (χ3n) is 3.70. The van der Waals surface area contributed by atoms with Gasteiger partial charge in [-0.3, -0.25) is 9.59 Å². The Kier molecular flexibility index (Phi) is 4.77. The molecule has 0 bridgehead atoms. The number of carbonyl (C=O) groups is 2. The topological polar surface area (TPSA) is 84.9 Å². The number of ether oxygens (including phenoxy) is 2. The van der Waals surface area contributed by atoms with Crippen molar-refractivity contribution in [3.05, 3.63) is 59.7 Å². The van der Waals surface area contributed by atoms with Crippen LogP contribution in [-0.4, -0.2) is 36.6 Å². The quantitative estimate of drug-likeness (QED) is 0.642. The van der Waals surface area contributed by atoms with E-state index in [2.05, 4.69) is 5.32 Å². The molecule has 1 aliphatic heterocycles. The normalized spacial score (nSPS) is 13.9. The molecular weight excluding hydrogens is 310 g/mol. The molecule has 6 heteroatoms. The van der Waals surface area contributed by atoms with Crippen LogP contribution in [0.2, 0.25) is 0 Å². The van der Waals surface area contributed by atoms with E-state index in [1.54, 1.807) is 30.3 Å². The number of benzene rings is 2. The van der Waals surface area contributed by atoms with Gasteiger partial charge in [0.25, 0.3) is 5.91 Å². The van der Waals surface area contributed by atoms with Crippen LogP contribution in [-0.2, 0) is 4.79 Å². The lowest BCUT2D eigenvalue weighted by molar-refractivity contribution is -0.118. The maximum absolute atomic E-state index is 12.3. The molecule has 1 aliphatic rings. The highest BCUT2D eigenvalue weighted by atomic mass is 16.6. The molecule has 2 aromatic carbocycles. The summed E-state index contributed by atoms with van der Waals surface area (Å²) in [4.78, 5) is 24.5. The minimum Gasteiger partial charge on any atom is -0.486 e. The van der Waals surface area contributed by atoms with Gasteiger partial charge in [0.05, 0.1) is 12.6 Å². The first-order valence-electron chi connectivity index (χ1n) is 7.59. The fraction of sp³-hybridized carbons (Fsp3) is 0.222. The first-order valence-corrected chi connectivity index (χ1v) is 7.59. The van der Waals surface area contributed by atoms with Crippen LogP contribution in [0, 0.1) is 0 Å². The molecule has 1 heterocycles. The summed E-state index contributed by atoms with van der Waals surface area (Å²) in [6.07, 6.45) is 0. The highest BCUT2D eigenvalue weighted by molar-refractivity contribution is 6.42. The van der Waals surface area contributed by atoms with Crippen LogP contribution in [0.1, 0.15) is 22.0 Å². The zero-order chi connectivity index (χ0) is 16.9. The summed E-state index contributed by atoms with van der Waals surface area (Å²) < 4.78 is 10.8. The van der Waals surface area contributed by atoms with E-state index >= 15 is 0 Å². The molecule has 0 spiro atoms. The number of rotatable bonds is 5. The fourth-order valence-corrected chi connectivity index (χ4v) is 2.46. The van der Waals surface area contributed by atoms with Crippen molar-refractivity contribution >= 4 is 11.7 Å². The van der Waals surface area contributed by atoms with Crippen molar-refractivity contribution in [1.29, 1.82) is 0 Å². The van der Waals surface area contributed by atoms with Gasteiger partial charge in [0.1, 0.15) is 13.2 Å². The molecular formula is C18H17NO5. The standard InChI is InChI=1S/C18H17NO5/c20-11-14(12-4-2-1-3-5-12)19-18(22)17(21)13-6-7-15-16(10-13)24-9-8-23-15/h1-7,10,14,20H,8-9,11H2,(H,19,22). The van der Waals surface area contributed by atoms with Crippen molar-refractivity contribution in [2.45, 2.75) is 6.04 Å². The van der Waals surface area contributed by atoms with Crippen LogP contribution in [0.5, 0.6) is 11.5 Å². The van der Waals surface area contributed by atoms with Crippen LogP contribution in [0.3, 0.4) is 0 Å². The molecule has 0 saturated carbocycles. The summed E-state index contributed by atoms with van der Waals surface area (Å²) in [6.45, 7) is 0.553. The molecule has 124 valence electrons. The highest BCUT2D eigenvalue weighted by Crippen LogP contribution is 2.30. The van der Waals surface area contributed by atoms with Crippen LogP contribution >= 0.6 is 0 Å². The van der Waals surface area contributed by atoms with Gasteiger partial charge >= 0.3 is 0 Å². The molecule has 2 N–H and O–H groups in total. The first-order chi connectivity index (χ1) is 11.7. The molecule has 3 rings (SSSR count). The lowest BCUT2D eigenvalue weighted by Gasteiger charge is -2.19. The Morgan fingerprint density at radius 2 is 1.75 bits per heavy atom. The Balaban J connectivity index is 1.73. The average Bonchev–Trinajstić information content (AvgIpc) is 2.65. The van der Waals surface area contributed by atoms with E-state index < -0.39 is 17.7 Å². The molecule has 1 amide bonds. The van der Waals surface area contributed by atoms with E-state index in [9.17, 15) is 14.7 Å². The maximum atomic E-state index is 12.3. The molecule has 1 unspecified atom stereocenters. The van der Waals surface area contributed by atoms with Gasteiger partial charge in [0.15, 0.2) is 11.5 Å². The second-order valence-electron chi connectivity index (χ2n) is 5.31. The molecule has 6 nitrogen and oxygen atoms in total. The minimum absolute atomic E-state index is 0.210. The number of carbonyl (C=O) groups excluding carboxylic acids is 2. The predicted molar refractivity (Wildman–Crippen MR) is 86.2 cm³/mol. The van der Waals surface area contributed by atoms with Crippen molar-refractivity contribution in [2.75, 3.05) is 19.8 Å². The van der Waals surface area contributed by atoms with Gasteiger partial charge in [-0.25, -0.2) is 0 Å². The minimum atomic E-state index is -0.783. The molecule has 2 aromatic rings. The van der Waals surface area contributed by atoms with Crippen molar-refractivity contribution in [3.63, 3.8) is 0 Å². The predicted octanol–water partition coefficient (Wildman–Crippen LogP) is 1.49. The molecule has 0 fully saturated rings. The third kappa shape index (κ3) is 3.38. The number of Topliss-reactive ketones (excluding diaryl/α,β-unsaturated/α-hetero) is 1. The summed E-state index contributed by atoms with van der Waals surface area (Å²) in [5, 5.41) is 12.0. The van der Waals surface area contributed by atoms with Gasteiger partial charge in [0.2, 0.25) is 5.78 Å². The van der Waals surface area contributed by atoms with E-state index in [0.717, 1.165) is 5.56 Å². The van der Waals surface area contributed by atoms with Crippen molar-refractivity contribution in [1.82, 2.24) is 5.32 Å². The van der Waals surface area contributed by atoms with Crippen molar-refractivity contribution in [3.8, 4) is 11.5 Å². The van der Waals surface area contributed by atoms with Crippen molar-refractivity contribution < 1.29 is 24.2 Å². The van der Waals surface area contributed by atoms with Crippen molar-refractivity contribution in [2.24, 2.45) is 0 Å². The van der Waals surface area contributed by atoms with E-state index in [1.807, 2.05) is 6.07 Å². The van der Waals surface area contributed by atoms with Crippen LogP contribution < -0.4 is 14.8 Å². The average molecular weight is 327 g/mol. The maximum Gasteiger partial charge on any atom is 0.292 e. The second-order valence-corrected chi connectivity index (χ2v) is 5.31. The second kappa shape index (κ2) is 7.14. The van der Waals surface area contributed by atoms with Gasteiger partial charge in [-0.05, 0) is 23.8 Å². The Labute approximate surface area is 139 Å². The largest absolute Gasteiger partial charge is 0.486 e. The van der Waals surface area contributed by atoms with Gasteiger partial charge < -0.3 is 19.9 Å². The van der Waals surface area contributed by atoms with E-state index in [-0.39, 0.29) is 12.2 Å². The zero-order valence-electron chi connectivity index (χ0n) is 12.9. The molecule has 0 radical (unpaired) electrons. The van der Waals surface area contributed by atoms with Crippen LogP contribution in [0.4, 0.5) is 0 Å². The number of nitrogens with one attached hydrogen (secondary N) is 1. The van der Waals surface area contributed by atoms with Crippen LogP contribution in [0.15, 0.2) is 48.5 Å². The summed E-state index contributed by atoms with van der Waals surface area (Å²) in [7, 11) is 0. The molecule has 24 heavy (non-hydrogen) atoms. The summed E-state index contributed by atoms with van der Waals surface area (Å²) in [6, 6.07) is 13.0. The summed E-state index contributed by atoms with van der Waals surface area (Å²) >= 11 is 0. The smallest absolute Gasteiger partial charge is 0.292 e. The summed E-state index contributed by atoms with van der Waals surface area (Å²) in [5.74, 6) is -0.478. The van der Waals surface area contributed by atoms with E-state index in [1.165, 1.54) is 12.1 Å². The number of hydrogen-bond donors (Lipinski definition) is 2. The Hall–Kier alpha value is -2.86. The third-order valence-corrected chi connectivity index (χ3v) is 3.70. The SMILES string of the molecule is O=C(NC(CO)c1ccccc1)C(=O)c1ccc2c(c1)OCCO2. The van der Waals surface area contributed by atoms with Gasteiger partial charge in [-0.15, -0.1) is 0 Å². The monoisotopic (exact) mass is 327 g/mol. The van der Waals surface area contributed by atoms with Gasteiger partial charge in [0, 0.05) is 5.56 Å². The van der Waals surface area contributed by atoms with E-state index in [4.69, 9.17) is 9.47 Å². The first kappa shape index (κ1) is 16.0. The molecule has 0 saturated heterocycles. The fourth-order valence-electron chi connectivity index (χ4n) is 2.46. The summed E-state index contributed by atoms with van der Waals surface area (Å²) in [5.41, 5.74) is 0.935. The zero-order valence-corrected chi connectivity index (χ0v) is 12.9. The molecule has 0 aliphatic carbocycles. The number of ketones is 1. The number of amides is 1. The molecule has 1 atom stereocenters.